The summed E-state index contributed by atoms with van der Waals surface area (Å²) in [7, 11) is 0. The average molecular weight is 527 g/mol. The Labute approximate surface area is 234 Å². The summed E-state index contributed by atoms with van der Waals surface area (Å²) in [6, 6.07) is 30.5. The molecule has 0 N–H and O–H groups in total. The minimum absolute atomic E-state index is 0.209. The summed E-state index contributed by atoms with van der Waals surface area (Å²) in [4.78, 5) is 5.23. The van der Waals surface area contributed by atoms with Crippen LogP contribution < -0.4 is 9.64 Å². The number of ether oxygens (including phenoxy) is 3. The summed E-state index contributed by atoms with van der Waals surface area (Å²) in [5.74, 6) is 2.54. The molecule has 0 radical (unpaired) electrons. The fourth-order valence-electron chi connectivity index (χ4n) is 5.58. The number of hydrogen-bond donors (Lipinski definition) is 0. The van der Waals surface area contributed by atoms with Gasteiger partial charge >= 0.3 is 0 Å². The van der Waals surface area contributed by atoms with Crippen LogP contribution in [0.25, 0.3) is 0 Å². The molecular formula is C34H42N2O3. The smallest absolute Gasteiger partial charge is 0.229 e. The fraction of sp³-hybridized carbons (Fsp3) is 0.412. The van der Waals surface area contributed by atoms with E-state index in [1.807, 2.05) is 12.3 Å². The molecular weight excluding hydrogens is 484 g/mol. The third-order valence-electron chi connectivity index (χ3n) is 7.84. The van der Waals surface area contributed by atoms with Gasteiger partial charge in [-0.1, -0.05) is 74.5 Å². The molecule has 0 bridgehead atoms. The summed E-state index contributed by atoms with van der Waals surface area (Å²) >= 11 is 0. The molecule has 5 nitrogen and oxygen atoms in total. The zero-order valence-corrected chi connectivity index (χ0v) is 23.4. The van der Waals surface area contributed by atoms with Gasteiger partial charge in [0.25, 0.3) is 0 Å². The Morgan fingerprint density at radius 2 is 1.54 bits per heavy atom. The highest BCUT2D eigenvalue weighted by atomic mass is 16.7. The van der Waals surface area contributed by atoms with Crippen molar-refractivity contribution in [2.45, 2.75) is 58.2 Å². The number of rotatable bonds is 12. The number of benzene rings is 3. The van der Waals surface area contributed by atoms with Crippen molar-refractivity contribution < 1.29 is 14.2 Å². The largest absolute Gasteiger partial charge is 0.489 e. The molecule has 0 saturated carbocycles. The van der Waals surface area contributed by atoms with Crippen LogP contribution in [0.3, 0.4) is 0 Å². The number of likely N-dealkylation sites (tertiary alicyclic amines) is 1. The topological polar surface area (TPSA) is 34.2 Å². The van der Waals surface area contributed by atoms with E-state index in [0.717, 1.165) is 50.4 Å². The van der Waals surface area contributed by atoms with Crippen molar-refractivity contribution in [1.29, 1.82) is 0 Å². The van der Waals surface area contributed by atoms with Gasteiger partial charge in [0.1, 0.15) is 18.6 Å². The SMILES string of the molecule is CC(C)CCN(c1ccc(OCc2ccccc2)cc1)C1CCN(C(Cc2ccccc2)C2=COCO2)CC1. The average Bonchev–Trinajstić information content (AvgIpc) is 3.52. The first-order chi connectivity index (χ1) is 19.2. The molecule has 2 heterocycles. The highest BCUT2D eigenvalue weighted by Gasteiger charge is 2.32. The van der Waals surface area contributed by atoms with E-state index >= 15 is 0 Å². The van der Waals surface area contributed by atoms with E-state index in [9.17, 15) is 0 Å². The van der Waals surface area contributed by atoms with E-state index in [4.69, 9.17) is 14.2 Å². The van der Waals surface area contributed by atoms with E-state index < -0.39 is 0 Å². The summed E-state index contributed by atoms with van der Waals surface area (Å²) in [6.45, 7) is 8.69. The van der Waals surface area contributed by atoms with Gasteiger partial charge in [-0.3, -0.25) is 4.90 Å². The number of piperidine rings is 1. The Bertz CT molecular complexity index is 1160. The van der Waals surface area contributed by atoms with Crippen LogP contribution >= 0.6 is 0 Å². The van der Waals surface area contributed by atoms with Crippen molar-refractivity contribution >= 4 is 5.69 Å². The number of anilines is 1. The van der Waals surface area contributed by atoms with Crippen LogP contribution in [0.1, 0.15) is 44.2 Å². The minimum atomic E-state index is 0.209. The molecule has 1 atom stereocenters. The highest BCUT2D eigenvalue weighted by Crippen LogP contribution is 2.30. The molecule has 0 aliphatic carbocycles. The predicted octanol–water partition coefficient (Wildman–Crippen LogP) is 7.04. The molecule has 39 heavy (non-hydrogen) atoms. The normalized spacial score (nSPS) is 16.8. The van der Waals surface area contributed by atoms with Crippen molar-refractivity contribution in [1.82, 2.24) is 4.90 Å². The number of nitrogens with zero attached hydrogens (tertiary/aromatic N) is 2. The molecule has 206 valence electrons. The molecule has 2 aliphatic rings. The highest BCUT2D eigenvalue weighted by molar-refractivity contribution is 5.50. The molecule has 5 heteroatoms. The molecule has 0 amide bonds. The van der Waals surface area contributed by atoms with Crippen LogP contribution in [0.4, 0.5) is 5.69 Å². The molecule has 0 spiro atoms. The summed E-state index contributed by atoms with van der Waals surface area (Å²) < 4.78 is 17.4. The van der Waals surface area contributed by atoms with Crippen molar-refractivity contribution in [3.05, 3.63) is 108 Å². The first-order valence-electron chi connectivity index (χ1n) is 14.4. The van der Waals surface area contributed by atoms with Gasteiger partial charge in [0, 0.05) is 31.4 Å². The van der Waals surface area contributed by atoms with E-state index in [1.165, 1.54) is 23.2 Å². The summed E-state index contributed by atoms with van der Waals surface area (Å²) in [6.07, 6.45) is 6.19. The lowest BCUT2D eigenvalue weighted by Gasteiger charge is -2.42. The van der Waals surface area contributed by atoms with Crippen LogP contribution in [0.2, 0.25) is 0 Å². The van der Waals surface area contributed by atoms with Gasteiger partial charge in [0.05, 0.1) is 6.04 Å². The molecule has 2 aliphatic heterocycles. The lowest BCUT2D eigenvalue weighted by Crippen LogP contribution is -2.49. The predicted molar refractivity (Wildman–Crippen MR) is 158 cm³/mol. The van der Waals surface area contributed by atoms with Crippen LogP contribution in [0.15, 0.2) is 97.0 Å². The van der Waals surface area contributed by atoms with Gasteiger partial charge in [-0.05, 0) is 67.0 Å². The zero-order valence-electron chi connectivity index (χ0n) is 23.4. The molecule has 1 fully saturated rings. The van der Waals surface area contributed by atoms with Crippen molar-refractivity contribution in [2.24, 2.45) is 5.92 Å². The Balaban J connectivity index is 1.24. The van der Waals surface area contributed by atoms with Gasteiger partial charge in [0.15, 0.2) is 5.76 Å². The maximum atomic E-state index is 6.06. The van der Waals surface area contributed by atoms with Crippen molar-refractivity contribution in [3.63, 3.8) is 0 Å². The second-order valence-electron chi connectivity index (χ2n) is 11.1. The van der Waals surface area contributed by atoms with E-state index in [2.05, 4.69) is 103 Å². The van der Waals surface area contributed by atoms with Crippen LogP contribution in [0.5, 0.6) is 5.75 Å². The monoisotopic (exact) mass is 526 g/mol. The Morgan fingerprint density at radius 3 is 2.15 bits per heavy atom. The maximum Gasteiger partial charge on any atom is 0.229 e. The second-order valence-corrected chi connectivity index (χ2v) is 11.1. The molecule has 0 aromatic heterocycles. The van der Waals surface area contributed by atoms with Crippen LogP contribution in [-0.4, -0.2) is 43.4 Å². The minimum Gasteiger partial charge on any atom is -0.489 e. The van der Waals surface area contributed by atoms with E-state index in [-0.39, 0.29) is 6.04 Å². The molecule has 3 aromatic carbocycles. The first kappa shape index (κ1) is 27.1. The van der Waals surface area contributed by atoms with Crippen LogP contribution in [0, 0.1) is 5.92 Å². The van der Waals surface area contributed by atoms with Crippen molar-refractivity contribution in [2.75, 3.05) is 31.3 Å². The molecule has 5 rings (SSSR count). The lowest BCUT2D eigenvalue weighted by molar-refractivity contribution is 0.0541. The lowest BCUT2D eigenvalue weighted by atomic mass is 9.96. The third-order valence-corrected chi connectivity index (χ3v) is 7.84. The van der Waals surface area contributed by atoms with Gasteiger partial charge in [-0.15, -0.1) is 0 Å². The first-order valence-corrected chi connectivity index (χ1v) is 14.4. The third kappa shape index (κ3) is 7.57. The number of hydrogen-bond acceptors (Lipinski definition) is 5. The standard InChI is InChI=1S/C34H42N2O3/c1-27(2)17-22-36(30-13-15-32(16-14-30)38-24-29-11-7-4-8-12-29)31-18-20-35(21-19-31)33(34-25-37-26-39-34)23-28-9-5-3-6-10-28/h3-16,25,27,31,33H,17-24,26H2,1-2H3. The molecule has 1 saturated heterocycles. The molecule has 3 aromatic rings. The zero-order chi connectivity index (χ0) is 26.9. The molecule has 1 unspecified atom stereocenters. The quantitative estimate of drug-likeness (QED) is 0.253. The Hall–Kier alpha value is -3.44. The van der Waals surface area contributed by atoms with Gasteiger partial charge < -0.3 is 19.1 Å². The fourth-order valence-corrected chi connectivity index (χ4v) is 5.58. The maximum absolute atomic E-state index is 6.06. The Morgan fingerprint density at radius 1 is 0.872 bits per heavy atom. The van der Waals surface area contributed by atoms with Gasteiger partial charge in [-0.2, -0.15) is 0 Å². The summed E-state index contributed by atoms with van der Waals surface area (Å²) in [5, 5.41) is 0. The van der Waals surface area contributed by atoms with E-state index in [1.54, 1.807) is 0 Å². The van der Waals surface area contributed by atoms with Gasteiger partial charge in [0.2, 0.25) is 6.79 Å². The summed E-state index contributed by atoms with van der Waals surface area (Å²) in [5.41, 5.74) is 3.80. The van der Waals surface area contributed by atoms with Gasteiger partial charge in [-0.25, -0.2) is 0 Å². The van der Waals surface area contributed by atoms with Crippen molar-refractivity contribution in [3.8, 4) is 5.75 Å². The van der Waals surface area contributed by atoms with Crippen LogP contribution in [-0.2, 0) is 22.5 Å². The Kier molecular flexibility index (Phi) is 9.44. The van der Waals surface area contributed by atoms with E-state index in [0.29, 0.717) is 25.4 Å². The second kappa shape index (κ2) is 13.6.